The molecule has 6 heteroatoms. The highest BCUT2D eigenvalue weighted by atomic mass is 16.4. The Morgan fingerprint density at radius 1 is 1.83 bits per heavy atom. The first-order valence-corrected chi connectivity index (χ1v) is 3.16. The summed E-state index contributed by atoms with van der Waals surface area (Å²) in [6.45, 7) is 0. The van der Waals surface area contributed by atoms with Crippen LogP contribution in [0.2, 0.25) is 0 Å². The van der Waals surface area contributed by atoms with E-state index in [1.165, 1.54) is 6.33 Å². The minimum Gasteiger partial charge on any atom is -0.480 e. The number of carboxylic acids is 1. The zero-order valence-corrected chi connectivity index (χ0v) is 6.53. The van der Waals surface area contributed by atoms with Gasteiger partial charge in [-0.3, -0.25) is 4.79 Å². The van der Waals surface area contributed by atoms with Crippen LogP contribution in [0.25, 0.3) is 0 Å². The summed E-state index contributed by atoms with van der Waals surface area (Å²) in [5, 5.41) is 8.42. The smallest absolute Gasteiger partial charge is 0.320 e. The molecule has 68 valence electrons. The van der Waals surface area contributed by atoms with Crippen molar-refractivity contribution in [3.8, 4) is 0 Å². The monoisotopic (exact) mass is 172 g/mol. The molecule has 0 saturated heterocycles. The number of nitrogens with two attached hydrogens (primary N) is 1. The van der Waals surface area contributed by atoms with Crippen LogP contribution < -0.4 is 11.9 Å². The number of carbonyl (C=O) groups is 1. The lowest BCUT2D eigenvalue weighted by atomic mass is 10.2. The Kier molecular flexibility index (Phi) is 3.95. The van der Waals surface area contributed by atoms with Crippen molar-refractivity contribution in [2.45, 2.75) is 12.5 Å². The third kappa shape index (κ3) is 2.69. The maximum atomic E-state index is 10.3. The van der Waals surface area contributed by atoms with Crippen LogP contribution in [0.15, 0.2) is 12.5 Å². The molecule has 1 heterocycles. The Balaban J connectivity index is 0.00000121. The quantitative estimate of drug-likeness (QED) is 0.490. The van der Waals surface area contributed by atoms with Gasteiger partial charge in [0, 0.05) is 18.3 Å². The van der Waals surface area contributed by atoms with E-state index in [2.05, 4.69) is 9.97 Å². The van der Waals surface area contributed by atoms with Gasteiger partial charge in [0.25, 0.3) is 0 Å². The molecule has 0 aliphatic rings. The number of aromatic nitrogens is 2. The summed E-state index contributed by atoms with van der Waals surface area (Å²) in [6.07, 6.45) is 3.34. The lowest BCUT2D eigenvalue weighted by Gasteiger charge is -2.02. The summed E-state index contributed by atoms with van der Waals surface area (Å²) in [6, 6.07) is -0.851. The standard InChI is InChI=1S/C6H9N3O2.H3N/c7-5(6(10)11)1-4-2-8-3-9-4;/h2-3,5H,1,7H2,(H,8,9)(H,10,11);1H3. The number of H-pyrrole nitrogens is 1. The van der Waals surface area contributed by atoms with Crippen molar-refractivity contribution in [1.29, 1.82) is 0 Å². The first-order valence-electron chi connectivity index (χ1n) is 3.16. The highest BCUT2D eigenvalue weighted by Crippen LogP contribution is 1.95. The van der Waals surface area contributed by atoms with Crippen LogP contribution in [-0.4, -0.2) is 27.1 Å². The third-order valence-electron chi connectivity index (χ3n) is 1.31. The van der Waals surface area contributed by atoms with Crippen molar-refractivity contribution in [2.24, 2.45) is 5.73 Å². The summed E-state index contributed by atoms with van der Waals surface area (Å²) in [5.74, 6) is -1.00. The molecule has 0 saturated carbocycles. The van der Waals surface area contributed by atoms with Gasteiger partial charge < -0.3 is 22.0 Å². The van der Waals surface area contributed by atoms with Gasteiger partial charge in [0.05, 0.1) is 6.33 Å². The van der Waals surface area contributed by atoms with Gasteiger partial charge in [0.15, 0.2) is 0 Å². The summed E-state index contributed by atoms with van der Waals surface area (Å²) in [7, 11) is 0. The minimum atomic E-state index is -1.00. The Labute approximate surface area is 69.4 Å². The van der Waals surface area contributed by atoms with Crippen LogP contribution in [0, 0.1) is 0 Å². The number of imidazole rings is 1. The van der Waals surface area contributed by atoms with E-state index >= 15 is 0 Å². The molecule has 0 amide bonds. The fourth-order valence-corrected chi connectivity index (χ4v) is 0.721. The van der Waals surface area contributed by atoms with Gasteiger partial charge in [-0.15, -0.1) is 0 Å². The average molecular weight is 172 g/mol. The SMILES string of the molecule is N.NC(Cc1cnc[nH]1)C(=O)O. The number of nitrogens with zero attached hydrogens (tertiary/aromatic N) is 1. The first kappa shape index (κ1) is 10.6. The van der Waals surface area contributed by atoms with E-state index in [-0.39, 0.29) is 12.6 Å². The number of hydrogen-bond acceptors (Lipinski definition) is 4. The Bertz CT molecular complexity index is 234. The number of rotatable bonds is 3. The minimum absolute atomic E-state index is 0. The molecule has 0 bridgehead atoms. The summed E-state index contributed by atoms with van der Waals surface area (Å²) in [5.41, 5.74) is 6.00. The second kappa shape index (κ2) is 4.47. The highest BCUT2D eigenvalue weighted by molar-refractivity contribution is 5.73. The molecule has 12 heavy (non-hydrogen) atoms. The molecular formula is C6H12N4O2. The summed E-state index contributed by atoms with van der Waals surface area (Å²) >= 11 is 0. The van der Waals surface area contributed by atoms with E-state index in [4.69, 9.17) is 10.8 Å². The predicted molar refractivity (Wildman–Crippen MR) is 42.9 cm³/mol. The molecule has 0 aromatic carbocycles. The van der Waals surface area contributed by atoms with Crippen molar-refractivity contribution in [3.05, 3.63) is 18.2 Å². The summed E-state index contributed by atoms with van der Waals surface area (Å²) < 4.78 is 0. The normalized spacial score (nSPS) is 11.8. The molecule has 0 radical (unpaired) electrons. The number of aliphatic carboxylic acids is 1. The Morgan fingerprint density at radius 2 is 2.50 bits per heavy atom. The fraction of sp³-hybridized carbons (Fsp3) is 0.333. The van der Waals surface area contributed by atoms with Gasteiger partial charge in [-0.1, -0.05) is 0 Å². The Morgan fingerprint density at radius 3 is 2.92 bits per heavy atom. The zero-order chi connectivity index (χ0) is 8.27. The largest absolute Gasteiger partial charge is 0.480 e. The lowest BCUT2D eigenvalue weighted by molar-refractivity contribution is -0.138. The predicted octanol–water partition coefficient (Wildman–Crippen LogP) is -0.474. The topological polar surface area (TPSA) is 127 Å². The molecule has 0 fully saturated rings. The number of carboxylic acid groups (broad SMARTS) is 1. The molecule has 6 nitrogen and oxygen atoms in total. The van der Waals surface area contributed by atoms with E-state index in [1.807, 2.05) is 0 Å². The number of aromatic amines is 1. The molecule has 1 rings (SSSR count). The van der Waals surface area contributed by atoms with E-state index < -0.39 is 12.0 Å². The van der Waals surface area contributed by atoms with Crippen LogP contribution in [0.4, 0.5) is 0 Å². The van der Waals surface area contributed by atoms with E-state index in [1.54, 1.807) is 6.20 Å². The molecule has 7 N–H and O–H groups in total. The first-order chi connectivity index (χ1) is 5.20. The molecule has 1 aromatic rings. The maximum absolute atomic E-state index is 10.3. The maximum Gasteiger partial charge on any atom is 0.320 e. The van der Waals surface area contributed by atoms with Gasteiger partial charge in [0.2, 0.25) is 0 Å². The Hall–Kier alpha value is -1.40. The van der Waals surface area contributed by atoms with Gasteiger partial charge in [-0.05, 0) is 0 Å². The molecule has 0 aliphatic carbocycles. The fourth-order valence-electron chi connectivity index (χ4n) is 0.721. The lowest BCUT2D eigenvalue weighted by Crippen LogP contribution is -2.32. The molecule has 1 atom stereocenters. The van der Waals surface area contributed by atoms with Crippen molar-refractivity contribution < 1.29 is 9.90 Å². The molecular weight excluding hydrogens is 160 g/mol. The van der Waals surface area contributed by atoms with Gasteiger partial charge in [0.1, 0.15) is 6.04 Å². The molecule has 1 aromatic heterocycles. The van der Waals surface area contributed by atoms with Crippen LogP contribution in [0.1, 0.15) is 5.69 Å². The van der Waals surface area contributed by atoms with E-state index in [0.29, 0.717) is 0 Å². The second-order valence-corrected chi connectivity index (χ2v) is 2.23. The van der Waals surface area contributed by atoms with Crippen molar-refractivity contribution in [1.82, 2.24) is 16.1 Å². The molecule has 0 spiro atoms. The summed E-state index contributed by atoms with van der Waals surface area (Å²) in [4.78, 5) is 16.8. The average Bonchev–Trinajstić information content (AvgIpc) is 2.39. The molecule has 1 unspecified atom stereocenters. The zero-order valence-electron chi connectivity index (χ0n) is 6.53. The third-order valence-corrected chi connectivity index (χ3v) is 1.31. The van der Waals surface area contributed by atoms with Crippen LogP contribution >= 0.6 is 0 Å². The van der Waals surface area contributed by atoms with Gasteiger partial charge >= 0.3 is 5.97 Å². The van der Waals surface area contributed by atoms with Crippen LogP contribution in [-0.2, 0) is 11.2 Å². The van der Waals surface area contributed by atoms with Crippen molar-refractivity contribution in [2.75, 3.05) is 0 Å². The molecule has 0 aliphatic heterocycles. The van der Waals surface area contributed by atoms with E-state index in [0.717, 1.165) is 5.69 Å². The van der Waals surface area contributed by atoms with Crippen molar-refractivity contribution in [3.63, 3.8) is 0 Å². The van der Waals surface area contributed by atoms with Gasteiger partial charge in [-0.25, -0.2) is 4.98 Å². The number of nitrogens with one attached hydrogen (secondary N) is 1. The number of hydrogen-bond donors (Lipinski definition) is 4. The highest BCUT2D eigenvalue weighted by Gasteiger charge is 2.11. The van der Waals surface area contributed by atoms with Gasteiger partial charge in [-0.2, -0.15) is 0 Å². The van der Waals surface area contributed by atoms with Crippen LogP contribution in [0.3, 0.4) is 0 Å². The second-order valence-electron chi connectivity index (χ2n) is 2.23. The van der Waals surface area contributed by atoms with E-state index in [9.17, 15) is 4.79 Å². The van der Waals surface area contributed by atoms with Crippen LogP contribution in [0.5, 0.6) is 0 Å². The van der Waals surface area contributed by atoms with Crippen molar-refractivity contribution >= 4 is 5.97 Å².